The minimum atomic E-state index is -0.844. The fraction of sp³-hybridized carbons (Fsp3) is 0.507. The van der Waals surface area contributed by atoms with Crippen LogP contribution in [0.5, 0.6) is 0 Å². The maximum absolute atomic E-state index is 12.9. The quantitative estimate of drug-likeness (QED) is 0.0262. The normalized spacial score (nSPS) is 13.5. The van der Waals surface area contributed by atoms with Gasteiger partial charge in [-0.15, -0.1) is 0 Å². The highest BCUT2D eigenvalue weighted by Crippen LogP contribution is 2.11. The third kappa shape index (κ3) is 57.3. The van der Waals surface area contributed by atoms with Gasteiger partial charge in [-0.1, -0.05) is 216 Å². The van der Waals surface area contributed by atoms with Crippen LogP contribution in [0, 0.1) is 0 Å². The van der Waals surface area contributed by atoms with E-state index in [-0.39, 0.29) is 44.0 Å². The van der Waals surface area contributed by atoms with Crippen molar-refractivity contribution in [1.29, 1.82) is 0 Å². The number of ether oxygens (including phenoxy) is 3. The molecule has 0 aliphatic heterocycles. The lowest BCUT2D eigenvalue weighted by molar-refractivity contribution is -0.167. The topological polar surface area (TPSA) is 78.9 Å². The number of hydrogen-bond donors (Lipinski definition) is 0. The smallest absolute Gasteiger partial charge is 0.306 e. The van der Waals surface area contributed by atoms with Crippen LogP contribution in [0.25, 0.3) is 0 Å². The van der Waals surface area contributed by atoms with Crippen LogP contribution in [0.15, 0.2) is 182 Å². The molecule has 0 aromatic carbocycles. The highest BCUT2D eigenvalue weighted by molar-refractivity contribution is 5.71. The first-order valence-corrected chi connectivity index (χ1v) is 28.3. The zero-order valence-electron chi connectivity index (χ0n) is 46.1. The molecule has 0 fully saturated rings. The van der Waals surface area contributed by atoms with Crippen LogP contribution < -0.4 is 0 Å². The van der Waals surface area contributed by atoms with Crippen molar-refractivity contribution in [2.24, 2.45) is 0 Å². The van der Waals surface area contributed by atoms with Gasteiger partial charge in [-0.05, 0) is 148 Å². The van der Waals surface area contributed by atoms with Gasteiger partial charge in [0, 0.05) is 19.3 Å². The Bertz CT molecular complexity index is 1770. The average Bonchev–Trinajstić information content (AvgIpc) is 3.39. The number of allylic oxidation sites excluding steroid dienone is 30. The second kappa shape index (κ2) is 59.1. The molecule has 404 valence electrons. The first-order chi connectivity index (χ1) is 36.0. The molecule has 0 saturated heterocycles. The van der Waals surface area contributed by atoms with E-state index in [0.717, 1.165) is 148 Å². The number of carbonyl (C=O) groups excluding carboxylic acids is 3. The zero-order valence-corrected chi connectivity index (χ0v) is 46.1. The lowest BCUT2D eigenvalue weighted by Gasteiger charge is -2.18. The van der Waals surface area contributed by atoms with Gasteiger partial charge in [0.15, 0.2) is 6.10 Å². The zero-order chi connectivity index (χ0) is 52.9. The summed E-state index contributed by atoms with van der Waals surface area (Å²) >= 11 is 0. The first-order valence-electron chi connectivity index (χ1n) is 28.3. The molecule has 0 amide bonds. The van der Waals surface area contributed by atoms with E-state index in [4.69, 9.17) is 14.2 Å². The summed E-state index contributed by atoms with van der Waals surface area (Å²) in [4.78, 5) is 38.2. The molecular weight excluding hydrogens is 901 g/mol. The molecule has 0 bridgehead atoms. The molecule has 0 rings (SSSR count). The Labute approximate surface area is 446 Å². The Hall–Kier alpha value is -5.49. The van der Waals surface area contributed by atoms with Crippen LogP contribution in [0.4, 0.5) is 0 Å². The Balaban J connectivity index is 4.65. The fourth-order valence-electron chi connectivity index (χ4n) is 6.76. The van der Waals surface area contributed by atoms with Crippen molar-refractivity contribution >= 4 is 17.9 Å². The van der Waals surface area contributed by atoms with Crippen LogP contribution in [0.3, 0.4) is 0 Å². The largest absolute Gasteiger partial charge is 0.462 e. The molecule has 0 unspecified atom stereocenters. The van der Waals surface area contributed by atoms with Gasteiger partial charge >= 0.3 is 17.9 Å². The Kier molecular flexibility index (Phi) is 54.6. The lowest BCUT2D eigenvalue weighted by atomic mass is 10.1. The monoisotopic (exact) mass is 1000 g/mol. The van der Waals surface area contributed by atoms with Crippen LogP contribution in [-0.4, -0.2) is 37.2 Å². The molecule has 0 heterocycles. The number of rotatable bonds is 48. The molecular formula is C67H100O6. The van der Waals surface area contributed by atoms with Crippen LogP contribution in [0.1, 0.15) is 201 Å². The molecule has 0 N–H and O–H groups in total. The van der Waals surface area contributed by atoms with E-state index < -0.39 is 6.10 Å². The third-order valence-electron chi connectivity index (χ3n) is 10.9. The van der Waals surface area contributed by atoms with Crippen molar-refractivity contribution in [3.63, 3.8) is 0 Å². The summed E-state index contributed by atoms with van der Waals surface area (Å²) in [6, 6.07) is 0. The van der Waals surface area contributed by atoms with Gasteiger partial charge in [0.05, 0.1) is 0 Å². The second-order valence-corrected chi connectivity index (χ2v) is 17.7. The van der Waals surface area contributed by atoms with Gasteiger partial charge in [0.1, 0.15) is 13.2 Å². The predicted octanol–water partition coefficient (Wildman–Crippen LogP) is 19.3. The molecule has 0 saturated carbocycles. The van der Waals surface area contributed by atoms with Crippen molar-refractivity contribution in [2.75, 3.05) is 13.2 Å². The highest BCUT2D eigenvalue weighted by atomic mass is 16.6. The maximum Gasteiger partial charge on any atom is 0.306 e. The molecule has 1 atom stereocenters. The van der Waals surface area contributed by atoms with E-state index in [1.54, 1.807) is 0 Å². The van der Waals surface area contributed by atoms with E-state index in [1.165, 1.54) is 0 Å². The fourth-order valence-corrected chi connectivity index (χ4v) is 6.76. The van der Waals surface area contributed by atoms with Gasteiger partial charge < -0.3 is 14.2 Å². The third-order valence-corrected chi connectivity index (χ3v) is 10.9. The van der Waals surface area contributed by atoms with E-state index in [1.807, 2.05) is 0 Å². The van der Waals surface area contributed by atoms with Crippen LogP contribution in [0.2, 0.25) is 0 Å². The Morgan fingerprint density at radius 2 is 0.507 bits per heavy atom. The second-order valence-electron chi connectivity index (χ2n) is 17.7. The molecule has 0 aromatic heterocycles. The molecule has 0 radical (unpaired) electrons. The summed E-state index contributed by atoms with van der Waals surface area (Å²) in [6.45, 7) is 6.16. The average molecular weight is 1000 g/mol. The maximum atomic E-state index is 12.9. The Morgan fingerprint density at radius 1 is 0.274 bits per heavy atom. The standard InChI is InChI=1S/C67H100O6/c1-4-7-10-13-16-19-22-25-28-31-33-36-39-42-45-48-51-54-57-60-66(69)72-63-64(62-71-65(68)59-56-53-50-47-44-41-38-35-30-27-24-21-18-15-12-9-6-3)73-67(70)61-58-55-52-49-46-43-40-37-34-32-29-26-23-20-17-14-11-8-5-2/h7-12,16-21,25-30,33-34,36-38,41-43,45-47,50,64H,4-6,13-15,22-24,31-32,35,39-40,44,48-49,51-63H2,1-3H3/b10-7-,11-8-,12-9-,19-16-,20-17-,21-18-,28-25-,29-26-,30-27-,36-33-,37-34-,41-38-,45-42-,46-43-,50-47-/t64-/m1/s1. The summed E-state index contributed by atoms with van der Waals surface area (Å²) in [5, 5.41) is 0. The molecule has 73 heavy (non-hydrogen) atoms. The molecule has 6 heteroatoms. The van der Waals surface area contributed by atoms with Crippen molar-refractivity contribution in [3.05, 3.63) is 182 Å². The summed E-state index contributed by atoms with van der Waals surface area (Å²) in [6.07, 6.45) is 88.8. The van der Waals surface area contributed by atoms with E-state index in [2.05, 4.69) is 203 Å². The van der Waals surface area contributed by atoms with Crippen LogP contribution >= 0.6 is 0 Å². The molecule has 0 aromatic rings. The molecule has 6 nitrogen and oxygen atoms in total. The van der Waals surface area contributed by atoms with Crippen molar-refractivity contribution in [2.45, 2.75) is 207 Å². The lowest BCUT2D eigenvalue weighted by Crippen LogP contribution is -2.30. The van der Waals surface area contributed by atoms with Crippen molar-refractivity contribution < 1.29 is 28.6 Å². The van der Waals surface area contributed by atoms with Gasteiger partial charge in [0.2, 0.25) is 0 Å². The minimum absolute atomic E-state index is 0.137. The number of esters is 3. The van der Waals surface area contributed by atoms with Crippen molar-refractivity contribution in [1.82, 2.24) is 0 Å². The summed E-state index contributed by atoms with van der Waals surface area (Å²) in [7, 11) is 0. The first kappa shape index (κ1) is 67.5. The summed E-state index contributed by atoms with van der Waals surface area (Å²) < 4.78 is 16.8. The number of hydrogen-bond acceptors (Lipinski definition) is 6. The van der Waals surface area contributed by atoms with E-state index in [9.17, 15) is 14.4 Å². The summed E-state index contributed by atoms with van der Waals surface area (Å²) in [5.74, 6) is -1.07. The van der Waals surface area contributed by atoms with Gasteiger partial charge in [0.25, 0.3) is 0 Å². The predicted molar refractivity (Wildman–Crippen MR) is 315 cm³/mol. The summed E-state index contributed by atoms with van der Waals surface area (Å²) in [5.41, 5.74) is 0. The Morgan fingerprint density at radius 3 is 0.795 bits per heavy atom. The van der Waals surface area contributed by atoms with Gasteiger partial charge in [-0.25, -0.2) is 0 Å². The molecule has 0 aliphatic carbocycles. The SMILES string of the molecule is CC/C=C\C/C=C\C/C=C\C/C=C\C/C=C\CCCCCC(=O)OC[C@@H](COC(=O)CCC/C=C\C/C=C\C/C=C\C/C=C\C/C=C\CC)OC(=O)CCCCC/C=C\C/C=C\C/C=C\C/C=C\C/C=C\CC. The van der Waals surface area contributed by atoms with Gasteiger partial charge in [-0.2, -0.15) is 0 Å². The van der Waals surface area contributed by atoms with Crippen LogP contribution in [-0.2, 0) is 28.6 Å². The molecule has 0 aliphatic rings. The molecule has 0 spiro atoms. The highest BCUT2D eigenvalue weighted by Gasteiger charge is 2.19. The van der Waals surface area contributed by atoms with Gasteiger partial charge in [-0.3, -0.25) is 14.4 Å². The van der Waals surface area contributed by atoms with Crippen molar-refractivity contribution in [3.8, 4) is 0 Å². The minimum Gasteiger partial charge on any atom is -0.462 e. The van der Waals surface area contributed by atoms with E-state index >= 15 is 0 Å². The number of unbranched alkanes of at least 4 members (excludes halogenated alkanes) is 7. The van der Waals surface area contributed by atoms with E-state index in [0.29, 0.717) is 19.3 Å². The number of carbonyl (C=O) groups is 3.